The maximum atomic E-state index is 2.62. The molecule has 15 heavy (non-hydrogen) atoms. The Bertz CT molecular complexity index is 255. The van der Waals surface area contributed by atoms with E-state index in [0.29, 0.717) is 0 Å². The van der Waals surface area contributed by atoms with E-state index in [9.17, 15) is 0 Å². The molecular weight excluding hydrogens is 295 g/mol. The van der Waals surface area contributed by atoms with Gasteiger partial charge in [-0.25, -0.2) is 0 Å². The Hall–Kier alpha value is -0.0500. The predicted molar refractivity (Wildman–Crippen MR) is 76.6 cm³/mol. The average Bonchev–Trinajstić information content (AvgIpc) is 2.29. The van der Waals surface area contributed by atoms with E-state index < -0.39 is 0 Å². The lowest BCUT2D eigenvalue weighted by Crippen LogP contribution is -2.16. The second-order valence-corrected chi connectivity index (χ2v) is 5.76. The van der Waals surface area contributed by atoms with Crippen molar-refractivity contribution in [3.05, 3.63) is 35.9 Å². The molecule has 0 fully saturated rings. The van der Waals surface area contributed by atoms with Crippen LogP contribution in [0.25, 0.3) is 0 Å². The summed E-state index contributed by atoms with van der Waals surface area (Å²) < 4.78 is 0.822. The zero-order chi connectivity index (χ0) is 11.1. The van der Waals surface area contributed by atoms with E-state index in [2.05, 4.69) is 66.8 Å². The normalized spacial score (nSPS) is 14.9. The fourth-order valence-electron chi connectivity index (χ4n) is 2.03. The highest BCUT2D eigenvalue weighted by atomic mass is 127. The minimum Gasteiger partial charge on any atom is -0.0823 e. The molecule has 1 heteroatoms. The van der Waals surface area contributed by atoms with Gasteiger partial charge in [-0.1, -0.05) is 73.2 Å². The molecule has 0 aliphatic heterocycles. The Morgan fingerprint density at radius 2 is 1.80 bits per heavy atom. The molecule has 0 amide bonds. The molecule has 0 spiro atoms. The van der Waals surface area contributed by atoms with Gasteiger partial charge in [-0.2, -0.15) is 0 Å². The van der Waals surface area contributed by atoms with E-state index in [1.807, 2.05) is 0 Å². The number of hydrogen-bond acceptors (Lipinski definition) is 0. The number of rotatable bonds is 6. The van der Waals surface area contributed by atoms with Gasteiger partial charge in [0.1, 0.15) is 0 Å². The van der Waals surface area contributed by atoms with E-state index in [0.717, 1.165) is 9.84 Å². The third-order valence-electron chi connectivity index (χ3n) is 2.90. The van der Waals surface area contributed by atoms with Crippen LogP contribution in [-0.2, 0) is 6.42 Å². The Labute approximate surface area is 108 Å². The highest BCUT2D eigenvalue weighted by Gasteiger charge is 2.16. The zero-order valence-electron chi connectivity index (χ0n) is 9.75. The summed E-state index contributed by atoms with van der Waals surface area (Å²) in [5, 5.41) is 0. The summed E-state index contributed by atoms with van der Waals surface area (Å²) >= 11 is 2.62. The second kappa shape index (κ2) is 7.26. The van der Waals surface area contributed by atoms with Crippen molar-refractivity contribution < 1.29 is 0 Å². The number of alkyl halides is 1. The monoisotopic (exact) mass is 316 g/mol. The van der Waals surface area contributed by atoms with Gasteiger partial charge >= 0.3 is 0 Å². The molecule has 0 heterocycles. The minimum absolute atomic E-state index is 0.822. The van der Waals surface area contributed by atoms with Crippen LogP contribution >= 0.6 is 22.6 Å². The van der Waals surface area contributed by atoms with E-state index >= 15 is 0 Å². The smallest absolute Gasteiger partial charge is 0.0138 e. The molecule has 0 aliphatic rings. The molecule has 84 valence electrons. The third kappa shape index (κ3) is 4.54. The van der Waals surface area contributed by atoms with Crippen LogP contribution in [0.15, 0.2) is 30.3 Å². The van der Waals surface area contributed by atoms with Crippen LogP contribution in [0, 0.1) is 5.92 Å². The molecule has 1 rings (SSSR count). The van der Waals surface area contributed by atoms with Crippen molar-refractivity contribution in [3.8, 4) is 0 Å². The summed E-state index contributed by atoms with van der Waals surface area (Å²) in [5.41, 5.74) is 1.49. The molecule has 0 saturated carbocycles. The predicted octanol–water partition coefficient (Wildman–Crippen LogP) is 4.86. The van der Waals surface area contributed by atoms with Crippen LogP contribution in [0.4, 0.5) is 0 Å². The van der Waals surface area contributed by atoms with Crippen molar-refractivity contribution in [2.24, 2.45) is 5.92 Å². The summed E-state index contributed by atoms with van der Waals surface area (Å²) in [7, 11) is 0. The van der Waals surface area contributed by atoms with Crippen molar-refractivity contribution in [3.63, 3.8) is 0 Å². The van der Waals surface area contributed by atoms with Crippen LogP contribution in [0.3, 0.4) is 0 Å². The Morgan fingerprint density at radius 3 is 2.33 bits per heavy atom. The van der Waals surface area contributed by atoms with Gasteiger partial charge in [-0.05, 0) is 30.7 Å². The first kappa shape index (κ1) is 13.0. The number of benzene rings is 1. The largest absolute Gasteiger partial charge is 0.0823 e. The molecule has 2 atom stereocenters. The molecule has 0 bridgehead atoms. The minimum atomic E-state index is 0.822. The van der Waals surface area contributed by atoms with Crippen molar-refractivity contribution in [2.75, 3.05) is 0 Å². The maximum Gasteiger partial charge on any atom is 0.0138 e. The number of halogens is 1. The topological polar surface area (TPSA) is 0 Å². The van der Waals surface area contributed by atoms with Gasteiger partial charge < -0.3 is 0 Å². The SMILES string of the molecule is CCCC(Cc1ccccc1)C(I)CC. The molecule has 2 unspecified atom stereocenters. The maximum absolute atomic E-state index is 2.62. The Kier molecular flexibility index (Phi) is 6.30. The molecule has 0 aromatic heterocycles. The number of hydrogen-bond donors (Lipinski definition) is 0. The first-order chi connectivity index (χ1) is 7.27. The summed E-state index contributed by atoms with van der Waals surface area (Å²) in [6.45, 7) is 4.59. The lowest BCUT2D eigenvalue weighted by Gasteiger charge is -2.21. The standard InChI is InChI=1S/C14H21I/c1-3-8-13(14(15)4-2)11-12-9-6-5-7-10-12/h5-7,9-10,13-14H,3-4,8,11H2,1-2H3. The van der Waals surface area contributed by atoms with Crippen LogP contribution in [0.5, 0.6) is 0 Å². The lowest BCUT2D eigenvalue weighted by atomic mass is 9.91. The van der Waals surface area contributed by atoms with E-state index in [1.54, 1.807) is 0 Å². The Morgan fingerprint density at radius 1 is 1.13 bits per heavy atom. The molecular formula is C14H21I. The van der Waals surface area contributed by atoms with E-state index in [4.69, 9.17) is 0 Å². The van der Waals surface area contributed by atoms with Gasteiger partial charge in [-0.15, -0.1) is 0 Å². The van der Waals surface area contributed by atoms with Gasteiger partial charge in [-0.3, -0.25) is 0 Å². The van der Waals surface area contributed by atoms with Crippen LogP contribution in [-0.4, -0.2) is 3.92 Å². The summed E-state index contributed by atoms with van der Waals surface area (Å²) in [6, 6.07) is 10.9. The van der Waals surface area contributed by atoms with Gasteiger partial charge in [0, 0.05) is 3.92 Å². The van der Waals surface area contributed by atoms with Gasteiger partial charge in [0.05, 0.1) is 0 Å². The lowest BCUT2D eigenvalue weighted by molar-refractivity contribution is 0.462. The second-order valence-electron chi connectivity index (χ2n) is 4.16. The van der Waals surface area contributed by atoms with Gasteiger partial charge in [0.2, 0.25) is 0 Å². The van der Waals surface area contributed by atoms with Gasteiger partial charge in [0.15, 0.2) is 0 Å². The van der Waals surface area contributed by atoms with E-state index in [-0.39, 0.29) is 0 Å². The quantitative estimate of drug-likeness (QED) is 0.519. The average molecular weight is 316 g/mol. The summed E-state index contributed by atoms with van der Waals surface area (Å²) in [4.78, 5) is 0. The van der Waals surface area contributed by atoms with E-state index in [1.165, 1.54) is 31.2 Å². The fraction of sp³-hybridized carbons (Fsp3) is 0.571. The van der Waals surface area contributed by atoms with Crippen molar-refractivity contribution in [1.29, 1.82) is 0 Å². The van der Waals surface area contributed by atoms with Crippen molar-refractivity contribution >= 4 is 22.6 Å². The Balaban J connectivity index is 2.58. The van der Waals surface area contributed by atoms with Gasteiger partial charge in [0.25, 0.3) is 0 Å². The summed E-state index contributed by atoms with van der Waals surface area (Å²) in [6.07, 6.45) is 5.20. The first-order valence-corrected chi connectivity index (χ1v) is 7.20. The highest BCUT2D eigenvalue weighted by Crippen LogP contribution is 2.25. The van der Waals surface area contributed by atoms with Crippen LogP contribution in [0.1, 0.15) is 38.7 Å². The van der Waals surface area contributed by atoms with Crippen LogP contribution < -0.4 is 0 Å². The third-order valence-corrected chi connectivity index (χ3v) is 4.80. The molecule has 1 aromatic rings. The molecule has 0 radical (unpaired) electrons. The fourth-order valence-corrected chi connectivity index (χ4v) is 2.65. The summed E-state index contributed by atoms with van der Waals surface area (Å²) in [5.74, 6) is 0.850. The molecule has 0 nitrogen and oxygen atoms in total. The highest BCUT2D eigenvalue weighted by molar-refractivity contribution is 14.1. The van der Waals surface area contributed by atoms with Crippen LogP contribution in [0.2, 0.25) is 0 Å². The molecule has 0 saturated heterocycles. The molecule has 1 aromatic carbocycles. The zero-order valence-corrected chi connectivity index (χ0v) is 11.9. The van der Waals surface area contributed by atoms with Crippen molar-refractivity contribution in [2.45, 2.75) is 43.5 Å². The van der Waals surface area contributed by atoms with Crippen molar-refractivity contribution in [1.82, 2.24) is 0 Å². The molecule has 0 N–H and O–H groups in total. The molecule has 0 aliphatic carbocycles. The first-order valence-electron chi connectivity index (χ1n) is 5.95.